The van der Waals surface area contributed by atoms with Crippen molar-refractivity contribution in [1.29, 1.82) is 0 Å². The van der Waals surface area contributed by atoms with E-state index in [0.29, 0.717) is 5.92 Å². The zero-order chi connectivity index (χ0) is 14.8. The minimum Gasteiger partial charge on any atom is -0.496 e. The van der Waals surface area contributed by atoms with Crippen LogP contribution in [0.25, 0.3) is 0 Å². The van der Waals surface area contributed by atoms with Gasteiger partial charge in [0.1, 0.15) is 5.75 Å². The van der Waals surface area contributed by atoms with Crippen LogP contribution >= 0.6 is 0 Å². The molecule has 0 atom stereocenters. The molecule has 3 nitrogen and oxygen atoms in total. The third-order valence-electron chi connectivity index (χ3n) is 3.48. The van der Waals surface area contributed by atoms with E-state index in [0.717, 1.165) is 22.4 Å². The van der Waals surface area contributed by atoms with Crippen LogP contribution in [0.1, 0.15) is 56.7 Å². The highest BCUT2D eigenvalue weighted by atomic mass is 16.5. The van der Waals surface area contributed by atoms with Gasteiger partial charge in [0, 0.05) is 11.0 Å². The van der Waals surface area contributed by atoms with E-state index in [1.54, 1.807) is 7.11 Å². The molecule has 19 heavy (non-hydrogen) atoms. The first-order valence-corrected chi connectivity index (χ1v) is 6.60. The Kier molecular flexibility index (Phi) is 4.61. The number of benzene rings is 1. The Morgan fingerprint density at radius 1 is 1.37 bits per heavy atom. The molecular formula is C16H24O3. The third kappa shape index (κ3) is 3.28. The van der Waals surface area contributed by atoms with E-state index in [1.807, 2.05) is 26.8 Å². The summed E-state index contributed by atoms with van der Waals surface area (Å²) < 4.78 is 5.54. The Morgan fingerprint density at radius 2 is 1.95 bits per heavy atom. The van der Waals surface area contributed by atoms with Crippen LogP contribution in [0, 0.1) is 6.92 Å². The molecule has 106 valence electrons. The van der Waals surface area contributed by atoms with E-state index >= 15 is 0 Å². The topological polar surface area (TPSA) is 46.5 Å². The number of ether oxygens (including phenoxy) is 1. The second-order valence-corrected chi connectivity index (χ2v) is 5.99. The van der Waals surface area contributed by atoms with Crippen LogP contribution in [0.2, 0.25) is 0 Å². The lowest BCUT2D eigenvalue weighted by molar-refractivity contribution is -0.138. The Morgan fingerprint density at radius 3 is 2.37 bits per heavy atom. The van der Waals surface area contributed by atoms with Crippen molar-refractivity contribution in [1.82, 2.24) is 0 Å². The summed E-state index contributed by atoms with van der Waals surface area (Å²) in [5, 5.41) is 9.13. The van der Waals surface area contributed by atoms with E-state index in [4.69, 9.17) is 9.84 Å². The lowest BCUT2D eigenvalue weighted by Gasteiger charge is -2.30. The summed E-state index contributed by atoms with van der Waals surface area (Å²) in [4.78, 5) is 11.1. The summed E-state index contributed by atoms with van der Waals surface area (Å²) in [7, 11) is 1.65. The Labute approximate surface area is 115 Å². The molecule has 0 saturated heterocycles. The van der Waals surface area contributed by atoms with Crippen molar-refractivity contribution in [2.75, 3.05) is 7.11 Å². The van der Waals surface area contributed by atoms with Gasteiger partial charge in [0.05, 0.1) is 13.5 Å². The zero-order valence-electron chi connectivity index (χ0n) is 12.7. The lowest BCUT2D eigenvalue weighted by atomic mass is 9.75. The van der Waals surface area contributed by atoms with Crippen molar-refractivity contribution >= 4 is 5.97 Å². The molecule has 1 aromatic rings. The highest BCUT2D eigenvalue weighted by Crippen LogP contribution is 2.41. The summed E-state index contributed by atoms with van der Waals surface area (Å²) in [5.41, 5.74) is 2.77. The van der Waals surface area contributed by atoms with Gasteiger partial charge < -0.3 is 9.84 Å². The first kappa shape index (κ1) is 15.5. The van der Waals surface area contributed by atoms with E-state index in [9.17, 15) is 4.79 Å². The molecule has 1 aromatic carbocycles. The van der Waals surface area contributed by atoms with Gasteiger partial charge in [-0.25, -0.2) is 0 Å². The molecule has 0 amide bonds. The second kappa shape index (κ2) is 5.64. The van der Waals surface area contributed by atoms with Gasteiger partial charge in [-0.1, -0.05) is 39.8 Å². The first-order valence-electron chi connectivity index (χ1n) is 6.60. The van der Waals surface area contributed by atoms with Gasteiger partial charge in [0.2, 0.25) is 0 Å². The number of hydrogen-bond acceptors (Lipinski definition) is 2. The van der Waals surface area contributed by atoms with Crippen molar-refractivity contribution in [3.05, 3.63) is 28.8 Å². The molecule has 0 aliphatic carbocycles. The summed E-state index contributed by atoms with van der Waals surface area (Å²) in [5.74, 6) is 0.360. The van der Waals surface area contributed by atoms with E-state index in [1.165, 1.54) is 0 Å². The minimum atomic E-state index is -0.789. The number of carbonyl (C=O) groups is 1. The molecule has 3 heteroatoms. The number of aryl methyl sites for hydroxylation is 1. The van der Waals surface area contributed by atoms with Crippen LogP contribution in [0.15, 0.2) is 12.1 Å². The molecule has 0 aliphatic heterocycles. The van der Waals surface area contributed by atoms with Crippen molar-refractivity contribution in [3.63, 3.8) is 0 Å². The molecular weight excluding hydrogens is 240 g/mol. The fourth-order valence-corrected chi connectivity index (χ4v) is 2.61. The molecule has 0 aliphatic rings. The van der Waals surface area contributed by atoms with E-state index in [-0.39, 0.29) is 6.42 Å². The zero-order valence-corrected chi connectivity index (χ0v) is 12.7. The Hall–Kier alpha value is -1.51. The average molecular weight is 264 g/mol. The molecule has 0 spiro atoms. The normalized spacial score (nSPS) is 11.7. The standard InChI is InChI=1S/C16H24O3/c1-10(2)12-8-7-11(3)15(19-6)14(12)16(4,5)9-13(17)18/h7-8,10H,9H2,1-6H3,(H,17,18). The molecule has 0 heterocycles. The highest BCUT2D eigenvalue weighted by molar-refractivity contribution is 5.70. The van der Waals surface area contributed by atoms with E-state index < -0.39 is 11.4 Å². The average Bonchev–Trinajstić information content (AvgIpc) is 2.26. The fourth-order valence-electron chi connectivity index (χ4n) is 2.61. The number of rotatable bonds is 5. The summed E-state index contributed by atoms with van der Waals surface area (Å²) in [6.07, 6.45) is 0.0898. The molecule has 1 rings (SSSR count). The summed E-state index contributed by atoms with van der Waals surface area (Å²) >= 11 is 0. The number of carboxylic acids is 1. The molecule has 0 fully saturated rings. The van der Waals surface area contributed by atoms with Gasteiger partial charge in [-0.15, -0.1) is 0 Å². The van der Waals surface area contributed by atoms with E-state index in [2.05, 4.69) is 19.9 Å². The second-order valence-electron chi connectivity index (χ2n) is 5.99. The van der Waals surface area contributed by atoms with Crippen LogP contribution in [-0.4, -0.2) is 18.2 Å². The minimum absolute atomic E-state index is 0.0898. The summed E-state index contributed by atoms with van der Waals surface area (Å²) in [6, 6.07) is 4.12. The third-order valence-corrected chi connectivity index (χ3v) is 3.48. The maximum Gasteiger partial charge on any atom is 0.304 e. The van der Waals surface area contributed by atoms with Gasteiger partial charge in [0.25, 0.3) is 0 Å². The molecule has 0 saturated carbocycles. The number of hydrogen-bond donors (Lipinski definition) is 1. The van der Waals surface area contributed by atoms with Crippen molar-refractivity contribution in [2.45, 2.75) is 52.4 Å². The predicted molar refractivity (Wildman–Crippen MR) is 77.1 cm³/mol. The van der Waals surface area contributed by atoms with Gasteiger partial charge >= 0.3 is 5.97 Å². The molecule has 0 unspecified atom stereocenters. The fraction of sp³-hybridized carbons (Fsp3) is 0.562. The maximum absolute atomic E-state index is 11.1. The smallest absolute Gasteiger partial charge is 0.304 e. The number of carboxylic acid groups (broad SMARTS) is 1. The van der Waals surface area contributed by atoms with Gasteiger partial charge in [-0.3, -0.25) is 4.79 Å². The molecule has 0 aromatic heterocycles. The molecule has 0 bridgehead atoms. The van der Waals surface area contributed by atoms with Crippen LogP contribution < -0.4 is 4.74 Å². The van der Waals surface area contributed by atoms with Crippen molar-refractivity contribution in [3.8, 4) is 5.75 Å². The molecule has 0 radical (unpaired) electrons. The first-order chi connectivity index (χ1) is 8.70. The Balaban J connectivity index is 3.52. The van der Waals surface area contributed by atoms with Crippen LogP contribution in [0.3, 0.4) is 0 Å². The summed E-state index contributed by atoms with van der Waals surface area (Å²) in [6.45, 7) is 10.1. The van der Waals surface area contributed by atoms with Gasteiger partial charge in [-0.2, -0.15) is 0 Å². The number of aliphatic carboxylic acids is 1. The predicted octanol–water partition coefficient (Wildman–Crippen LogP) is 3.88. The van der Waals surface area contributed by atoms with Crippen LogP contribution in [0.4, 0.5) is 0 Å². The van der Waals surface area contributed by atoms with Crippen LogP contribution in [0.5, 0.6) is 5.75 Å². The quantitative estimate of drug-likeness (QED) is 0.878. The lowest BCUT2D eigenvalue weighted by Crippen LogP contribution is -2.25. The van der Waals surface area contributed by atoms with Gasteiger partial charge in [0.15, 0.2) is 0 Å². The van der Waals surface area contributed by atoms with Gasteiger partial charge in [-0.05, 0) is 24.0 Å². The molecule has 1 N–H and O–H groups in total. The SMILES string of the molecule is COc1c(C)ccc(C(C)C)c1C(C)(C)CC(=O)O. The monoisotopic (exact) mass is 264 g/mol. The van der Waals surface area contributed by atoms with Crippen LogP contribution in [-0.2, 0) is 10.2 Å². The highest BCUT2D eigenvalue weighted by Gasteiger charge is 2.31. The van der Waals surface area contributed by atoms with Crippen molar-refractivity contribution < 1.29 is 14.6 Å². The maximum atomic E-state index is 11.1. The largest absolute Gasteiger partial charge is 0.496 e. The van der Waals surface area contributed by atoms with Crippen molar-refractivity contribution in [2.24, 2.45) is 0 Å². The number of methoxy groups -OCH3 is 1. The Bertz CT molecular complexity index is 473.